The van der Waals surface area contributed by atoms with Crippen molar-refractivity contribution in [1.82, 2.24) is 9.55 Å². The van der Waals surface area contributed by atoms with Crippen LogP contribution in [0.25, 0.3) is 16.6 Å². The van der Waals surface area contributed by atoms with Gasteiger partial charge in [-0.3, -0.25) is 14.2 Å². The van der Waals surface area contributed by atoms with Crippen molar-refractivity contribution in [2.24, 2.45) is 0 Å². The van der Waals surface area contributed by atoms with Crippen molar-refractivity contribution in [2.75, 3.05) is 26.2 Å². The predicted octanol–water partition coefficient (Wildman–Crippen LogP) is 4.55. The molecule has 0 N–H and O–H groups in total. The molecule has 174 valence electrons. The maximum atomic E-state index is 13.6. The number of carbonyl (C=O) groups excluding carboxylic acids is 1. The van der Waals surface area contributed by atoms with Gasteiger partial charge < -0.3 is 14.4 Å². The van der Waals surface area contributed by atoms with Crippen LogP contribution in [-0.2, 0) is 4.79 Å². The van der Waals surface area contributed by atoms with Gasteiger partial charge in [0.25, 0.3) is 5.56 Å². The van der Waals surface area contributed by atoms with E-state index in [1.54, 1.807) is 69.5 Å². The molecule has 0 saturated carbocycles. The second kappa shape index (κ2) is 10.0. The van der Waals surface area contributed by atoms with Crippen molar-refractivity contribution in [3.63, 3.8) is 0 Å². The van der Waals surface area contributed by atoms with Gasteiger partial charge >= 0.3 is 0 Å². The van der Waals surface area contributed by atoms with E-state index in [0.717, 1.165) is 5.69 Å². The highest BCUT2D eigenvalue weighted by Crippen LogP contribution is 2.32. The number of benzene rings is 3. The Labute approximate surface area is 201 Å². The van der Waals surface area contributed by atoms with Crippen LogP contribution in [0.3, 0.4) is 0 Å². The molecular weight excluding hydrogens is 450 g/mol. The van der Waals surface area contributed by atoms with Crippen LogP contribution in [0.4, 0.5) is 5.69 Å². The molecule has 3 aromatic carbocycles. The Balaban J connectivity index is 1.83. The summed E-state index contributed by atoms with van der Waals surface area (Å²) in [5.74, 6) is 0.949. The van der Waals surface area contributed by atoms with Crippen LogP contribution in [0, 0.1) is 0 Å². The van der Waals surface area contributed by atoms with Gasteiger partial charge in [-0.15, -0.1) is 0 Å². The Morgan fingerprint density at radius 3 is 2.41 bits per heavy atom. The lowest BCUT2D eigenvalue weighted by Gasteiger charge is -2.22. The van der Waals surface area contributed by atoms with Gasteiger partial charge in [-0.25, -0.2) is 4.98 Å². The number of hydrogen-bond donors (Lipinski definition) is 0. The summed E-state index contributed by atoms with van der Waals surface area (Å²) in [7, 11) is 4.84. The van der Waals surface area contributed by atoms with E-state index in [2.05, 4.69) is 0 Å². The van der Waals surface area contributed by atoms with Crippen LogP contribution in [-0.4, -0.2) is 42.0 Å². The van der Waals surface area contributed by atoms with E-state index in [9.17, 15) is 9.59 Å². The van der Waals surface area contributed by atoms with Gasteiger partial charge in [-0.05, 0) is 43.3 Å². The zero-order valence-corrected chi connectivity index (χ0v) is 20.2. The largest absolute Gasteiger partial charge is 0.497 e. The first-order valence-electron chi connectivity index (χ1n) is 10.7. The van der Waals surface area contributed by atoms with Crippen LogP contribution >= 0.6 is 11.8 Å². The van der Waals surface area contributed by atoms with Gasteiger partial charge in [0.15, 0.2) is 5.16 Å². The lowest BCUT2D eigenvalue weighted by Crippen LogP contribution is -2.34. The minimum Gasteiger partial charge on any atom is -0.497 e. The number of hydrogen-bond acceptors (Lipinski definition) is 6. The summed E-state index contributed by atoms with van der Waals surface area (Å²) in [6, 6.07) is 21.8. The fraction of sp³-hybridized carbons (Fsp3) is 0.192. The zero-order valence-electron chi connectivity index (χ0n) is 19.4. The number of carbonyl (C=O) groups is 1. The van der Waals surface area contributed by atoms with Gasteiger partial charge in [-0.2, -0.15) is 0 Å². The number of thioether (sulfide) groups is 1. The molecule has 0 aliphatic heterocycles. The highest BCUT2D eigenvalue weighted by atomic mass is 32.2. The van der Waals surface area contributed by atoms with E-state index in [0.29, 0.717) is 33.2 Å². The predicted molar refractivity (Wildman–Crippen MR) is 136 cm³/mol. The second-order valence-electron chi connectivity index (χ2n) is 7.58. The van der Waals surface area contributed by atoms with Crippen molar-refractivity contribution in [3.8, 4) is 17.2 Å². The third-order valence-electron chi connectivity index (χ3n) is 5.48. The van der Waals surface area contributed by atoms with Crippen molar-refractivity contribution < 1.29 is 14.3 Å². The lowest BCUT2D eigenvalue weighted by molar-refractivity contribution is -0.117. The third-order valence-corrected chi connectivity index (χ3v) is 6.52. The average Bonchev–Trinajstić information content (AvgIpc) is 2.88. The lowest BCUT2D eigenvalue weighted by atomic mass is 10.2. The molecule has 0 aliphatic carbocycles. The topological polar surface area (TPSA) is 73.7 Å². The van der Waals surface area contributed by atoms with Gasteiger partial charge in [0.2, 0.25) is 5.91 Å². The van der Waals surface area contributed by atoms with E-state index >= 15 is 0 Å². The maximum Gasteiger partial charge on any atom is 0.266 e. The summed E-state index contributed by atoms with van der Waals surface area (Å²) in [6.45, 7) is 1.81. The average molecular weight is 476 g/mol. The third kappa shape index (κ3) is 4.49. The molecule has 1 unspecified atom stereocenters. The van der Waals surface area contributed by atoms with Crippen LogP contribution < -0.4 is 19.9 Å². The quantitative estimate of drug-likeness (QED) is 0.289. The summed E-state index contributed by atoms with van der Waals surface area (Å²) in [4.78, 5) is 33.2. The molecule has 0 saturated heterocycles. The summed E-state index contributed by atoms with van der Waals surface area (Å²) >= 11 is 1.22. The number of anilines is 1. The van der Waals surface area contributed by atoms with Crippen LogP contribution in [0.15, 0.2) is 82.7 Å². The van der Waals surface area contributed by atoms with Crippen molar-refractivity contribution >= 4 is 34.3 Å². The van der Waals surface area contributed by atoms with Crippen LogP contribution in [0.5, 0.6) is 11.5 Å². The molecule has 0 aliphatic rings. The summed E-state index contributed by atoms with van der Waals surface area (Å²) in [5.41, 5.74) is 1.59. The number of rotatable bonds is 7. The van der Waals surface area contributed by atoms with Gasteiger partial charge in [-0.1, -0.05) is 42.1 Å². The molecule has 34 heavy (non-hydrogen) atoms. The second-order valence-corrected chi connectivity index (χ2v) is 8.89. The monoisotopic (exact) mass is 475 g/mol. The van der Waals surface area contributed by atoms with E-state index in [4.69, 9.17) is 14.5 Å². The minimum absolute atomic E-state index is 0.109. The highest BCUT2D eigenvalue weighted by molar-refractivity contribution is 8.00. The molecule has 0 radical (unpaired) electrons. The molecule has 0 fully saturated rings. The Bertz CT molecular complexity index is 1390. The maximum absolute atomic E-state index is 13.6. The molecule has 0 spiro atoms. The van der Waals surface area contributed by atoms with Crippen LogP contribution in [0.1, 0.15) is 6.92 Å². The van der Waals surface area contributed by atoms with Crippen molar-refractivity contribution in [1.29, 1.82) is 0 Å². The molecule has 1 aromatic heterocycles. The first-order chi connectivity index (χ1) is 16.4. The molecule has 7 nitrogen and oxygen atoms in total. The number of ether oxygens (including phenoxy) is 2. The fourth-order valence-corrected chi connectivity index (χ4v) is 4.65. The standard InChI is InChI=1S/C26H25N3O4S/c1-17(24(30)28(2)18-10-6-5-7-11-18)34-26-27-21-13-9-8-12-20(21)25(31)29(26)22-16-19(32-3)14-15-23(22)33-4/h5-17H,1-4H3. The molecule has 0 bridgehead atoms. The summed E-state index contributed by atoms with van der Waals surface area (Å²) in [5, 5.41) is 0.343. The fourth-order valence-electron chi connectivity index (χ4n) is 3.64. The summed E-state index contributed by atoms with van der Waals surface area (Å²) in [6.07, 6.45) is 0. The van der Waals surface area contributed by atoms with Gasteiger partial charge in [0.05, 0.1) is 36.1 Å². The molecule has 1 heterocycles. The highest BCUT2D eigenvalue weighted by Gasteiger charge is 2.24. The van der Waals surface area contributed by atoms with E-state index in [1.165, 1.54) is 16.3 Å². The molecule has 4 rings (SSSR count). The molecular formula is C26H25N3O4S. The Morgan fingerprint density at radius 2 is 1.71 bits per heavy atom. The molecule has 4 aromatic rings. The SMILES string of the molecule is COc1ccc(OC)c(-n2c(SC(C)C(=O)N(C)c3ccccc3)nc3ccccc3c2=O)c1. The van der Waals surface area contributed by atoms with E-state index in [1.807, 2.05) is 36.4 Å². The zero-order chi connectivity index (χ0) is 24.2. The Kier molecular flexibility index (Phi) is 6.88. The molecule has 1 atom stereocenters. The minimum atomic E-state index is -0.513. The smallest absolute Gasteiger partial charge is 0.266 e. The first-order valence-corrected chi connectivity index (χ1v) is 11.6. The number of nitrogens with zero attached hydrogens (tertiary/aromatic N) is 3. The Morgan fingerprint density at radius 1 is 1.00 bits per heavy atom. The van der Waals surface area contributed by atoms with Crippen molar-refractivity contribution in [3.05, 3.63) is 83.2 Å². The van der Waals surface area contributed by atoms with Gasteiger partial charge in [0, 0.05) is 18.8 Å². The normalized spacial score (nSPS) is 11.8. The molecule has 8 heteroatoms. The number of amides is 1. The van der Waals surface area contributed by atoms with Crippen LogP contribution in [0.2, 0.25) is 0 Å². The number of aromatic nitrogens is 2. The van der Waals surface area contributed by atoms with E-state index in [-0.39, 0.29) is 11.5 Å². The summed E-state index contributed by atoms with van der Waals surface area (Å²) < 4.78 is 12.4. The number of fused-ring (bicyclic) bond motifs is 1. The molecule has 1 amide bonds. The first kappa shape index (κ1) is 23.4. The number of methoxy groups -OCH3 is 2. The Hall–Kier alpha value is -3.78. The van der Waals surface area contributed by atoms with E-state index < -0.39 is 5.25 Å². The van der Waals surface area contributed by atoms with Gasteiger partial charge in [0.1, 0.15) is 11.5 Å². The van der Waals surface area contributed by atoms with Crippen molar-refractivity contribution in [2.45, 2.75) is 17.3 Å². The number of para-hydroxylation sites is 2.